The number of carbonyl (C=O) groups excluding carboxylic acids is 1. The van der Waals surface area contributed by atoms with Gasteiger partial charge >= 0.3 is 0 Å². The van der Waals surface area contributed by atoms with Crippen LogP contribution in [0.1, 0.15) is 23.2 Å². The van der Waals surface area contributed by atoms with E-state index >= 15 is 0 Å². The molecule has 1 aliphatic heterocycles. The van der Waals surface area contributed by atoms with Crippen LogP contribution < -0.4 is 10.2 Å². The third-order valence-corrected chi connectivity index (χ3v) is 5.66. The molecule has 5 rings (SSSR count). The number of oxazole rings is 1. The third-order valence-electron chi connectivity index (χ3n) is 5.66. The number of carbonyl (C=O) groups is 1. The highest BCUT2D eigenvalue weighted by Gasteiger charge is 2.28. The zero-order valence-electron chi connectivity index (χ0n) is 16.6. The predicted molar refractivity (Wildman–Crippen MR) is 119 cm³/mol. The first kappa shape index (κ1) is 18.4. The van der Waals surface area contributed by atoms with Crippen LogP contribution in [0.15, 0.2) is 83.3 Å². The van der Waals surface area contributed by atoms with E-state index in [1.54, 1.807) is 0 Å². The lowest BCUT2D eigenvalue weighted by Gasteiger charge is -2.23. The second-order valence-electron chi connectivity index (χ2n) is 7.61. The molecule has 30 heavy (non-hydrogen) atoms. The fraction of sp³-hybridized carbons (Fsp3) is 0.200. The topological polar surface area (TPSA) is 58.4 Å². The summed E-state index contributed by atoms with van der Waals surface area (Å²) in [6, 6.07) is 26.5. The Morgan fingerprint density at radius 2 is 1.70 bits per heavy atom. The molecular weight excluding hydrogens is 374 g/mol. The van der Waals surface area contributed by atoms with Crippen LogP contribution in [0.3, 0.4) is 0 Å². The molecule has 0 bridgehead atoms. The standard InChI is InChI=1S/C25H23N3O2/c29-24(20-14-12-19(13-15-20)18-7-2-1-3-8-18)26-17-21-9-6-16-28(21)25-27-22-10-4-5-11-23(22)30-25/h1-5,7-8,10-15,21H,6,9,16-17H2,(H,26,29). The van der Waals surface area contributed by atoms with Crippen molar-refractivity contribution in [3.05, 3.63) is 84.4 Å². The van der Waals surface area contributed by atoms with Crippen LogP contribution in [0, 0.1) is 0 Å². The Hall–Kier alpha value is -3.60. The van der Waals surface area contributed by atoms with Gasteiger partial charge in [0, 0.05) is 18.7 Å². The Morgan fingerprint density at radius 3 is 2.50 bits per heavy atom. The van der Waals surface area contributed by atoms with Crippen molar-refractivity contribution in [3.8, 4) is 11.1 Å². The number of hydrogen-bond acceptors (Lipinski definition) is 4. The van der Waals surface area contributed by atoms with E-state index in [9.17, 15) is 4.79 Å². The lowest BCUT2D eigenvalue weighted by molar-refractivity contribution is 0.0951. The molecule has 5 nitrogen and oxygen atoms in total. The molecule has 1 amide bonds. The van der Waals surface area contributed by atoms with Gasteiger partial charge in [-0.25, -0.2) is 0 Å². The first-order valence-corrected chi connectivity index (χ1v) is 10.3. The van der Waals surface area contributed by atoms with Crippen molar-refractivity contribution in [2.45, 2.75) is 18.9 Å². The summed E-state index contributed by atoms with van der Waals surface area (Å²) < 4.78 is 5.93. The molecule has 1 aromatic heterocycles. The summed E-state index contributed by atoms with van der Waals surface area (Å²) in [4.78, 5) is 19.4. The molecule has 0 spiro atoms. The van der Waals surface area contributed by atoms with Gasteiger partial charge in [-0.05, 0) is 48.2 Å². The van der Waals surface area contributed by atoms with E-state index in [1.165, 1.54) is 0 Å². The van der Waals surface area contributed by atoms with E-state index in [0.29, 0.717) is 18.1 Å². The lowest BCUT2D eigenvalue weighted by Crippen LogP contribution is -2.40. The summed E-state index contributed by atoms with van der Waals surface area (Å²) in [6.07, 6.45) is 2.07. The molecule has 1 saturated heterocycles. The van der Waals surface area contributed by atoms with E-state index in [4.69, 9.17) is 4.42 Å². The van der Waals surface area contributed by atoms with E-state index in [0.717, 1.165) is 41.6 Å². The zero-order valence-corrected chi connectivity index (χ0v) is 16.6. The van der Waals surface area contributed by atoms with Gasteiger partial charge in [0.25, 0.3) is 11.9 Å². The van der Waals surface area contributed by atoms with Gasteiger partial charge in [-0.15, -0.1) is 0 Å². The second-order valence-corrected chi connectivity index (χ2v) is 7.61. The number of aromatic nitrogens is 1. The van der Waals surface area contributed by atoms with Gasteiger partial charge in [0.2, 0.25) is 0 Å². The minimum Gasteiger partial charge on any atom is -0.423 e. The molecular formula is C25H23N3O2. The van der Waals surface area contributed by atoms with Gasteiger partial charge < -0.3 is 14.6 Å². The van der Waals surface area contributed by atoms with Crippen molar-refractivity contribution < 1.29 is 9.21 Å². The zero-order chi connectivity index (χ0) is 20.3. The van der Waals surface area contributed by atoms with Gasteiger partial charge in [-0.2, -0.15) is 4.98 Å². The van der Waals surface area contributed by atoms with Crippen molar-refractivity contribution in [1.82, 2.24) is 10.3 Å². The van der Waals surface area contributed by atoms with E-state index in [2.05, 4.69) is 27.3 Å². The van der Waals surface area contributed by atoms with Crippen molar-refractivity contribution >= 4 is 23.0 Å². The van der Waals surface area contributed by atoms with Gasteiger partial charge in [-0.1, -0.05) is 54.6 Å². The number of hydrogen-bond donors (Lipinski definition) is 1. The second kappa shape index (κ2) is 8.03. The van der Waals surface area contributed by atoms with Crippen LogP contribution in [0.25, 0.3) is 22.2 Å². The summed E-state index contributed by atoms with van der Waals surface area (Å²) in [7, 11) is 0. The fourth-order valence-corrected chi connectivity index (χ4v) is 4.04. The van der Waals surface area contributed by atoms with E-state index in [1.807, 2.05) is 66.7 Å². The molecule has 1 aliphatic rings. The molecule has 1 N–H and O–H groups in total. The maximum absolute atomic E-state index is 12.7. The van der Waals surface area contributed by atoms with Gasteiger partial charge in [0.05, 0.1) is 6.04 Å². The minimum atomic E-state index is -0.0565. The van der Waals surface area contributed by atoms with Crippen LogP contribution in [0.5, 0.6) is 0 Å². The van der Waals surface area contributed by atoms with Crippen LogP contribution in [-0.4, -0.2) is 30.0 Å². The van der Waals surface area contributed by atoms with E-state index in [-0.39, 0.29) is 11.9 Å². The molecule has 1 atom stereocenters. The average Bonchev–Trinajstić information content (AvgIpc) is 3.44. The van der Waals surface area contributed by atoms with Crippen LogP contribution in [0.2, 0.25) is 0 Å². The highest BCUT2D eigenvalue weighted by atomic mass is 16.4. The normalized spacial score (nSPS) is 16.1. The Labute approximate surface area is 175 Å². The molecule has 0 saturated carbocycles. The monoisotopic (exact) mass is 397 g/mol. The molecule has 1 unspecified atom stereocenters. The van der Waals surface area contributed by atoms with Gasteiger partial charge in [0.1, 0.15) is 5.52 Å². The largest absolute Gasteiger partial charge is 0.423 e. The quantitative estimate of drug-likeness (QED) is 0.521. The number of fused-ring (bicyclic) bond motifs is 1. The summed E-state index contributed by atoms with van der Waals surface area (Å²) in [5.74, 6) is -0.0565. The van der Waals surface area contributed by atoms with Crippen LogP contribution >= 0.6 is 0 Å². The summed E-state index contributed by atoms with van der Waals surface area (Å²) in [5.41, 5.74) is 4.57. The van der Waals surface area contributed by atoms with Crippen LogP contribution in [0.4, 0.5) is 6.01 Å². The molecule has 1 fully saturated rings. The summed E-state index contributed by atoms with van der Waals surface area (Å²) in [6.45, 7) is 1.46. The number of amides is 1. The highest BCUT2D eigenvalue weighted by Crippen LogP contribution is 2.28. The maximum Gasteiger partial charge on any atom is 0.298 e. The number of rotatable bonds is 5. The molecule has 3 aromatic carbocycles. The minimum absolute atomic E-state index is 0.0565. The Bertz CT molecular complexity index is 1120. The number of nitrogens with zero attached hydrogens (tertiary/aromatic N) is 2. The molecule has 5 heteroatoms. The summed E-state index contributed by atoms with van der Waals surface area (Å²) in [5, 5.41) is 3.08. The predicted octanol–water partition coefficient (Wildman–Crippen LogP) is 4.89. The van der Waals surface area contributed by atoms with Gasteiger partial charge in [-0.3, -0.25) is 4.79 Å². The molecule has 0 radical (unpaired) electrons. The number of para-hydroxylation sites is 2. The molecule has 150 valence electrons. The van der Waals surface area contributed by atoms with Crippen molar-refractivity contribution in [2.75, 3.05) is 18.0 Å². The number of benzene rings is 3. The van der Waals surface area contributed by atoms with Crippen LogP contribution in [-0.2, 0) is 0 Å². The first-order valence-electron chi connectivity index (χ1n) is 10.3. The van der Waals surface area contributed by atoms with Crippen molar-refractivity contribution in [3.63, 3.8) is 0 Å². The Kier molecular flexibility index (Phi) is 4.93. The third kappa shape index (κ3) is 3.66. The van der Waals surface area contributed by atoms with Crippen molar-refractivity contribution in [1.29, 1.82) is 0 Å². The maximum atomic E-state index is 12.7. The Balaban J connectivity index is 1.24. The SMILES string of the molecule is O=C(NCC1CCCN1c1nc2ccccc2o1)c1ccc(-c2ccccc2)cc1. The number of nitrogens with one attached hydrogen (secondary N) is 1. The first-order chi connectivity index (χ1) is 14.8. The van der Waals surface area contributed by atoms with Gasteiger partial charge in [0.15, 0.2) is 5.58 Å². The van der Waals surface area contributed by atoms with Crippen molar-refractivity contribution in [2.24, 2.45) is 0 Å². The average molecular weight is 397 g/mol. The fourth-order valence-electron chi connectivity index (χ4n) is 4.04. The smallest absolute Gasteiger partial charge is 0.298 e. The molecule has 2 heterocycles. The highest BCUT2D eigenvalue weighted by molar-refractivity contribution is 5.94. The Morgan fingerprint density at radius 1 is 0.967 bits per heavy atom. The number of anilines is 1. The van der Waals surface area contributed by atoms with E-state index < -0.39 is 0 Å². The molecule has 0 aliphatic carbocycles. The summed E-state index contributed by atoms with van der Waals surface area (Å²) >= 11 is 0. The lowest BCUT2D eigenvalue weighted by atomic mass is 10.0. The molecule has 4 aromatic rings.